The summed E-state index contributed by atoms with van der Waals surface area (Å²) in [7, 11) is 0. The predicted molar refractivity (Wildman–Crippen MR) is 88.5 cm³/mol. The molecule has 20 heavy (non-hydrogen) atoms. The maximum absolute atomic E-state index is 3.84. The van der Waals surface area contributed by atoms with Crippen LogP contribution in [0, 0.1) is 12.8 Å². The van der Waals surface area contributed by atoms with E-state index in [2.05, 4.69) is 69.1 Å². The van der Waals surface area contributed by atoms with Crippen LogP contribution in [0.4, 0.5) is 5.69 Å². The summed E-state index contributed by atoms with van der Waals surface area (Å²) in [4.78, 5) is 2.64. The molecular weight excluding hydrogens is 244 g/mol. The van der Waals surface area contributed by atoms with Gasteiger partial charge in [0.1, 0.15) is 0 Å². The molecule has 0 aliphatic carbocycles. The van der Waals surface area contributed by atoms with Crippen LogP contribution in [-0.2, 0) is 0 Å². The normalized spacial score (nSPS) is 22.3. The van der Waals surface area contributed by atoms with E-state index in [0.717, 1.165) is 13.1 Å². The Morgan fingerprint density at radius 3 is 2.55 bits per heavy atom. The Morgan fingerprint density at radius 2 is 2.00 bits per heavy atom. The summed E-state index contributed by atoms with van der Waals surface area (Å²) < 4.78 is 0. The Bertz CT molecular complexity index is 435. The average Bonchev–Trinajstić information content (AvgIpc) is 2.46. The van der Waals surface area contributed by atoms with Gasteiger partial charge >= 0.3 is 0 Å². The van der Waals surface area contributed by atoms with Gasteiger partial charge in [0.2, 0.25) is 0 Å². The van der Waals surface area contributed by atoms with Crippen molar-refractivity contribution in [3.05, 3.63) is 29.8 Å². The van der Waals surface area contributed by atoms with E-state index in [9.17, 15) is 0 Å². The maximum Gasteiger partial charge on any atom is 0.0438 e. The number of benzene rings is 1. The number of nitrogens with one attached hydrogen (secondary N) is 1. The Balaban J connectivity index is 2.32. The lowest BCUT2D eigenvalue weighted by atomic mass is 9.86. The highest BCUT2D eigenvalue weighted by atomic mass is 15.3. The van der Waals surface area contributed by atoms with Gasteiger partial charge in [-0.15, -0.1) is 0 Å². The number of aryl methyl sites for hydroxylation is 1. The van der Waals surface area contributed by atoms with Crippen LogP contribution < -0.4 is 10.2 Å². The Hall–Kier alpha value is -1.02. The minimum absolute atomic E-state index is 0.273. The van der Waals surface area contributed by atoms with Crippen LogP contribution in [0.3, 0.4) is 0 Å². The molecule has 2 heteroatoms. The quantitative estimate of drug-likeness (QED) is 0.893. The van der Waals surface area contributed by atoms with Gasteiger partial charge in [0.25, 0.3) is 0 Å². The monoisotopic (exact) mass is 274 g/mol. The van der Waals surface area contributed by atoms with Gasteiger partial charge < -0.3 is 10.2 Å². The van der Waals surface area contributed by atoms with E-state index in [4.69, 9.17) is 0 Å². The van der Waals surface area contributed by atoms with Crippen LogP contribution in [0.1, 0.15) is 46.1 Å². The summed E-state index contributed by atoms with van der Waals surface area (Å²) >= 11 is 0. The third-order valence-corrected chi connectivity index (χ3v) is 5.02. The van der Waals surface area contributed by atoms with Gasteiger partial charge in [0, 0.05) is 30.4 Å². The molecule has 1 heterocycles. The smallest absolute Gasteiger partial charge is 0.0438 e. The first-order chi connectivity index (χ1) is 9.51. The van der Waals surface area contributed by atoms with Crippen molar-refractivity contribution in [3.8, 4) is 0 Å². The molecule has 0 aromatic heterocycles. The molecule has 0 radical (unpaired) electrons. The van der Waals surface area contributed by atoms with Crippen molar-refractivity contribution in [2.45, 2.75) is 59.0 Å². The largest absolute Gasteiger partial charge is 0.365 e. The number of hydrogen-bond acceptors (Lipinski definition) is 2. The van der Waals surface area contributed by atoms with Crippen molar-refractivity contribution in [1.29, 1.82) is 0 Å². The Morgan fingerprint density at radius 1 is 1.30 bits per heavy atom. The summed E-state index contributed by atoms with van der Waals surface area (Å²) in [6, 6.07) is 9.55. The molecule has 1 aliphatic heterocycles. The molecule has 112 valence electrons. The van der Waals surface area contributed by atoms with Crippen LogP contribution in [-0.4, -0.2) is 24.7 Å². The van der Waals surface area contributed by atoms with Gasteiger partial charge in [-0.3, -0.25) is 0 Å². The number of anilines is 1. The topological polar surface area (TPSA) is 15.3 Å². The molecular formula is C18H30N2. The second-order valence-electron chi connectivity index (χ2n) is 6.65. The van der Waals surface area contributed by atoms with Crippen LogP contribution in [0.5, 0.6) is 0 Å². The third-order valence-electron chi connectivity index (χ3n) is 5.02. The molecule has 1 atom stereocenters. The number of rotatable bonds is 4. The van der Waals surface area contributed by atoms with Gasteiger partial charge in [0.15, 0.2) is 0 Å². The maximum atomic E-state index is 3.84. The first-order valence-electron chi connectivity index (χ1n) is 8.09. The first-order valence-corrected chi connectivity index (χ1v) is 8.09. The third kappa shape index (κ3) is 3.01. The second kappa shape index (κ2) is 6.17. The zero-order valence-electron chi connectivity index (χ0n) is 13.7. The summed E-state index contributed by atoms with van der Waals surface area (Å²) in [6.07, 6.45) is 2.38. The highest BCUT2D eigenvalue weighted by Gasteiger charge is 2.37. The number of hydrogen-bond donors (Lipinski definition) is 1. The highest BCUT2D eigenvalue weighted by Crippen LogP contribution is 2.30. The molecule has 1 fully saturated rings. The molecule has 1 aromatic rings. The molecule has 1 aliphatic rings. The first kappa shape index (κ1) is 15.4. The van der Waals surface area contributed by atoms with Crippen molar-refractivity contribution in [2.75, 3.05) is 18.0 Å². The Labute approximate surface area is 124 Å². The van der Waals surface area contributed by atoms with Crippen LogP contribution in [0.15, 0.2) is 24.3 Å². The molecule has 0 spiro atoms. The lowest BCUT2D eigenvalue weighted by molar-refractivity contribution is 0.227. The SMILES string of the molecule is CCC1(CC)CN(c2cccc(C)c2)C(C(C)C)CN1. The molecule has 2 nitrogen and oxygen atoms in total. The molecule has 0 bridgehead atoms. The fourth-order valence-electron chi connectivity index (χ4n) is 3.34. The Kier molecular flexibility index (Phi) is 4.74. The van der Waals surface area contributed by atoms with Gasteiger partial charge in [-0.05, 0) is 43.4 Å². The predicted octanol–water partition coefficient (Wildman–Crippen LogP) is 3.99. The summed E-state index contributed by atoms with van der Waals surface area (Å²) in [5.41, 5.74) is 3.01. The van der Waals surface area contributed by atoms with Gasteiger partial charge in [-0.25, -0.2) is 0 Å². The van der Waals surface area contributed by atoms with E-state index in [1.54, 1.807) is 0 Å². The number of piperazine rings is 1. The van der Waals surface area contributed by atoms with E-state index in [0.29, 0.717) is 12.0 Å². The van der Waals surface area contributed by atoms with E-state index >= 15 is 0 Å². The summed E-state index contributed by atoms with van der Waals surface area (Å²) in [5.74, 6) is 0.662. The average molecular weight is 274 g/mol. The van der Waals surface area contributed by atoms with E-state index in [1.165, 1.54) is 24.1 Å². The second-order valence-corrected chi connectivity index (χ2v) is 6.65. The van der Waals surface area contributed by atoms with Gasteiger partial charge in [-0.2, -0.15) is 0 Å². The molecule has 0 amide bonds. The van der Waals surface area contributed by atoms with Gasteiger partial charge in [0.05, 0.1) is 0 Å². The van der Waals surface area contributed by atoms with E-state index in [-0.39, 0.29) is 5.54 Å². The number of nitrogens with zero attached hydrogens (tertiary/aromatic N) is 1. The van der Waals surface area contributed by atoms with Crippen molar-refractivity contribution in [1.82, 2.24) is 5.32 Å². The standard InChI is InChI=1S/C18H30N2/c1-6-18(7-2)13-20(17(12-19-18)14(3)4)16-10-8-9-15(5)11-16/h8-11,14,17,19H,6-7,12-13H2,1-5H3. The fraction of sp³-hybridized carbons (Fsp3) is 0.667. The molecule has 1 aromatic carbocycles. The molecule has 1 N–H and O–H groups in total. The van der Waals surface area contributed by atoms with Crippen molar-refractivity contribution in [2.24, 2.45) is 5.92 Å². The van der Waals surface area contributed by atoms with Crippen molar-refractivity contribution in [3.63, 3.8) is 0 Å². The fourth-order valence-corrected chi connectivity index (χ4v) is 3.34. The van der Waals surface area contributed by atoms with Crippen molar-refractivity contribution < 1.29 is 0 Å². The molecule has 1 saturated heterocycles. The molecule has 0 saturated carbocycles. The zero-order valence-corrected chi connectivity index (χ0v) is 13.7. The zero-order chi connectivity index (χ0) is 14.8. The van der Waals surface area contributed by atoms with E-state index < -0.39 is 0 Å². The van der Waals surface area contributed by atoms with Gasteiger partial charge in [-0.1, -0.05) is 39.8 Å². The van der Waals surface area contributed by atoms with Crippen LogP contribution >= 0.6 is 0 Å². The van der Waals surface area contributed by atoms with Crippen LogP contribution in [0.2, 0.25) is 0 Å². The molecule has 2 rings (SSSR count). The van der Waals surface area contributed by atoms with Crippen LogP contribution in [0.25, 0.3) is 0 Å². The highest BCUT2D eigenvalue weighted by molar-refractivity contribution is 5.50. The summed E-state index contributed by atoms with van der Waals surface area (Å²) in [6.45, 7) is 13.7. The minimum atomic E-state index is 0.273. The summed E-state index contributed by atoms with van der Waals surface area (Å²) in [5, 5.41) is 3.84. The lowest BCUT2D eigenvalue weighted by Gasteiger charge is -2.50. The van der Waals surface area contributed by atoms with E-state index in [1.807, 2.05) is 0 Å². The minimum Gasteiger partial charge on any atom is -0.365 e. The molecule has 1 unspecified atom stereocenters. The lowest BCUT2D eigenvalue weighted by Crippen LogP contribution is -2.65. The van der Waals surface area contributed by atoms with Crippen molar-refractivity contribution >= 4 is 5.69 Å².